The topological polar surface area (TPSA) is 75.4 Å². The van der Waals surface area contributed by atoms with Gasteiger partial charge in [-0.05, 0) is 19.9 Å². The zero-order valence-electron chi connectivity index (χ0n) is 10.1. The number of carbonyl (C=O) groups is 1. The fraction of sp³-hybridized carbons (Fsp3) is 0.250. The molecule has 0 bridgehead atoms. The number of aryl methyl sites for hydroxylation is 1. The van der Waals surface area contributed by atoms with Crippen molar-refractivity contribution in [3.8, 4) is 0 Å². The standard InChI is InChI=1S/C12H13N3O3/c1-8-10(14-6-4-3-5-7-14)9(2)13-15(11(8)16)12(17)18/h3-6H,7H2,1-2H3,(H,17,18). The third-order valence-corrected chi connectivity index (χ3v) is 2.74. The van der Waals surface area contributed by atoms with Gasteiger partial charge in [0.1, 0.15) is 0 Å². The fourth-order valence-corrected chi connectivity index (χ4v) is 1.96. The van der Waals surface area contributed by atoms with E-state index >= 15 is 0 Å². The van der Waals surface area contributed by atoms with Crippen LogP contribution in [0, 0.1) is 13.8 Å². The Labute approximate surface area is 103 Å². The number of hydrogen-bond acceptors (Lipinski definition) is 4. The first-order valence-corrected chi connectivity index (χ1v) is 5.46. The Morgan fingerprint density at radius 1 is 1.39 bits per heavy atom. The van der Waals surface area contributed by atoms with Crippen molar-refractivity contribution >= 4 is 11.8 Å². The molecule has 1 aromatic heterocycles. The molecule has 18 heavy (non-hydrogen) atoms. The van der Waals surface area contributed by atoms with Crippen LogP contribution < -0.4 is 10.5 Å². The van der Waals surface area contributed by atoms with Crippen LogP contribution in [0.15, 0.2) is 29.2 Å². The van der Waals surface area contributed by atoms with Crippen molar-refractivity contribution in [3.05, 3.63) is 46.0 Å². The van der Waals surface area contributed by atoms with Crippen LogP contribution in [0.2, 0.25) is 0 Å². The van der Waals surface area contributed by atoms with Gasteiger partial charge in [0, 0.05) is 18.3 Å². The summed E-state index contributed by atoms with van der Waals surface area (Å²) < 4.78 is 0.470. The maximum Gasteiger partial charge on any atom is 0.435 e. The molecule has 0 fully saturated rings. The average Bonchev–Trinajstić information content (AvgIpc) is 2.35. The first-order chi connectivity index (χ1) is 8.52. The largest absolute Gasteiger partial charge is 0.463 e. The number of aromatic nitrogens is 2. The van der Waals surface area contributed by atoms with E-state index in [4.69, 9.17) is 5.11 Å². The summed E-state index contributed by atoms with van der Waals surface area (Å²) in [6, 6.07) is 0. The van der Waals surface area contributed by atoms with E-state index in [9.17, 15) is 9.59 Å². The Kier molecular flexibility index (Phi) is 3.01. The Bertz CT molecular complexity index is 614. The highest BCUT2D eigenvalue weighted by molar-refractivity contribution is 5.68. The van der Waals surface area contributed by atoms with Crippen LogP contribution in [-0.2, 0) is 0 Å². The molecule has 1 aromatic rings. The molecule has 0 atom stereocenters. The molecule has 2 rings (SSSR count). The van der Waals surface area contributed by atoms with Gasteiger partial charge in [-0.1, -0.05) is 12.2 Å². The van der Waals surface area contributed by atoms with Crippen LogP contribution in [0.4, 0.5) is 10.5 Å². The van der Waals surface area contributed by atoms with Gasteiger partial charge in [0.05, 0.1) is 11.4 Å². The molecule has 0 aliphatic carbocycles. The van der Waals surface area contributed by atoms with Crippen LogP contribution in [-0.4, -0.2) is 27.5 Å². The van der Waals surface area contributed by atoms with Gasteiger partial charge in [0.2, 0.25) is 0 Å². The molecule has 0 amide bonds. The lowest BCUT2D eigenvalue weighted by atomic mass is 10.2. The van der Waals surface area contributed by atoms with Gasteiger partial charge >= 0.3 is 6.09 Å². The lowest BCUT2D eigenvalue weighted by Gasteiger charge is -2.23. The molecule has 6 nitrogen and oxygen atoms in total. The molecule has 2 heterocycles. The Balaban J connectivity index is 2.59. The zero-order chi connectivity index (χ0) is 13.3. The highest BCUT2D eigenvalue weighted by Gasteiger charge is 2.18. The second kappa shape index (κ2) is 4.48. The molecule has 1 aliphatic rings. The molecular weight excluding hydrogens is 234 g/mol. The van der Waals surface area contributed by atoms with Crippen molar-refractivity contribution in [2.24, 2.45) is 0 Å². The van der Waals surface area contributed by atoms with E-state index < -0.39 is 11.7 Å². The minimum atomic E-state index is -1.37. The number of anilines is 1. The highest BCUT2D eigenvalue weighted by Crippen LogP contribution is 2.21. The fourth-order valence-electron chi connectivity index (χ4n) is 1.96. The van der Waals surface area contributed by atoms with E-state index in [0.717, 1.165) is 0 Å². The van der Waals surface area contributed by atoms with Crippen molar-refractivity contribution in [1.29, 1.82) is 0 Å². The summed E-state index contributed by atoms with van der Waals surface area (Å²) in [7, 11) is 0. The van der Waals surface area contributed by atoms with E-state index in [1.807, 2.05) is 29.3 Å². The van der Waals surface area contributed by atoms with E-state index in [-0.39, 0.29) is 0 Å². The van der Waals surface area contributed by atoms with E-state index in [1.54, 1.807) is 13.8 Å². The highest BCUT2D eigenvalue weighted by atomic mass is 16.4. The van der Waals surface area contributed by atoms with Crippen LogP contribution in [0.25, 0.3) is 0 Å². The summed E-state index contributed by atoms with van der Waals surface area (Å²) in [6.07, 6.45) is 6.17. The van der Waals surface area contributed by atoms with Crippen molar-refractivity contribution in [3.63, 3.8) is 0 Å². The smallest absolute Gasteiger partial charge is 0.435 e. The quantitative estimate of drug-likeness (QED) is 0.809. The van der Waals surface area contributed by atoms with Crippen molar-refractivity contribution in [2.75, 3.05) is 11.4 Å². The van der Waals surface area contributed by atoms with Gasteiger partial charge in [-0.25, -0.2) is 4.79 Å². The second-order valence-electron chi connectivity index (χ2n) is 3.98. The van der Waals surface area contributed by atoms with Crippen molar-refractivity contribution in [1.82, 2.24) is 9.78 Å². The van der Waals surface area contributed by atoms with Crippen molar-refractivity contribution < 1.29 is 9.90 Å². The Hall–Kier alpha value is -2.37. The van der Waals surface area contributed by atoms with Gasteiger partial charge in [-0.15, -0.1) is 4.68 Å². The van der Waals surface area contributed by atoms with Gasteiger partial charge in [-0.2, -0.15) is 5.10 Å². The predicted octanol–water partition coefficient (Wildman–Crippen LogP) is 1.28. The van der Waals surface area contributed by atoms with Crippen LogP contribution >= 0.6 is 0 Å². The van der Waals surface area contributed by atoms with E-state index in [1.165, 1.54) is 0 Å². The average molecular weight is 247 g/mol. The van der Waals surface area contributed by atoms with Gasteiger partial charge in [-0.3, -0.25) is 4.79 Å². The minimum absolute atomic E-state index is 0.379. The maximum absolute atomic E-state index is 11.9. The second-order valence-corrected chi connectivity index (χ2v) is 3.98. The summed E-state index contributed by atoms with van der Waals surface area (Å²) in [5, 5.41) is 12.7. The number of hydrogen-bond donors (Lipinski definition) is 1. The molecule has 6 heteroatoms. The summed E-state index contributed by atoms with van der Waals surface area (Å²) in [5.41, 5.74) is 0.948. The molecule has 1 N–H and O–H groups in total. The van der Waals surface area contributed by atoms with Gasteiger partial charge in [0.15, 0.2) is 0 Å². The van der Waals surface area contributed by atoms with Gasteiger partial charge in [0.25, 0.3) is 5.56 Å². The number of rotatable bonds is 1. The Morgan fingerprint density at radius 3 is 2.67 bits per heavy atom. The maximum atomic E-state index is 11.9. The monoisotopic (exact) mass is 247 g/mol. The lowest BCUT2D eigenvalue weighted by Crippen LogP contribution is -2.33. The molecule has 0 saturated carbocycles. The predicted molar refractivity (Wildman–Crippen MR) is 67.0 cm³/mol. The molecule has 0 radical (unpaired) electrons. The molecule has 1 aliphatic heterocycles. The third kappa shape index (κ3) is 1.92. The third-order valence-electron chi connectivity index (χ3n) is 2.74. The molecule has 0 unspecified atom stereocenters. The zero-order valence-corrected chi connectivity index (χ0v) is 10.1. The Morgan fingerprint density at radius 2 is 2.11 bits per heavy atom. The SMILES string of the molecule is Cc1nn(C(=O)O)c(=O)c(C)c1N1C=CC=CC1. The van der Waals surface area contributed by atoms with Crippen LogP contribution in [0.5, 0.6) is 0 Å². The molecular formula is C12H13N3O3. The lowest BCUT2D eigenvalue weighted by molar-refractivity contribution is 0.191. The number of carboxylic acid groups (broad SMARTS) is 1. The number of nitrogens with zero attached hydrogens (tertiary/aromatic N) is 3. The first-order valence-electron chi connectivity index (χ1n) is 5.46. The molecule has 0 spiro atoms. The van der Waals surface area contributed by atoms with Gasteiger partial charge < -0.3 is 10.0 Å². The number of allylic oxidation sites excluding steroid dienone is 2. The molecule has 0 saturated heterocycles. The summed E-state index contributed by atoms with van der Waals surface area (Å²) in [4.78, 5) is 24.6. The van der Waals surface area contributed by atoms with E-state index in [0.29, 0.717) is 28.2 Å². The summed E-state index contributed by atoms with van der Waals surface area (Å²) in [6.45, 7) is 3.93. The van der Waals surface area contributed by atoms with E-state index in [2.05, 4.69) is 5.10 Å². The van der Waals surface area contributed by atoms with Crippen LogP contribution in [0.3, 0.4) is 0 Å². The minimum Gasteiger partial charge on any atom is -0.463 e. The first kappa shape index (κ1) is 12.1. The summed E-state index contributed by atoms with van der Waals surface area (Å²) >= 11 is 0. The van der Waals surface area contributed by atoms with Crippen LogP contribution in [0.1, 0.15) is 11.3 Å². The summed E-state index contributed by atoms with van der Waals surface area (Å²) in [5.74, 6) is 0. The molecule has 0 aromatic carbocycles. The van der Waals surface area contributed by atoms with Crippen molar-refractivity contribution in [2.45, 2.75) is 13.8 Å². The normalized spacial score (nSPS) is 14.0. The molecule has 94 valence electrons.